The van der Waals surface area contributed by atoms with Crippen LogP contribution in [0.4, 0.5) is 28.4 Å². The number of anilines is 5. The van der Waals surface area contributed by atoms with Crippen LogP contribution in [0.1, 0.15) is 178 Å². The fraction of sp³-hybridized carbons (Fsp3) is 0.391. The number of aryl methyl sites for hydroxylation is 1. The summed E-state index contributed by atoms with van der Waals surface area (Å²) in [6.07, 6.45) is 8.21. The van der Waals surface area contributed by atoms with E-state index in [4.69, 9.17) is 0 Å². The lowest BCUT2D eigenvalue weighted by atomic mass is 9.33. The van der Waals surface area contributed by atoms with Gasteiger partial charge in [-0.15, -0.1) is 0 Å². The van der Waals surface area contributed by atoms with Crippen LogP contribution in [0.3, 0.4) is 0 Å². The summed E-state index contributed by atoms with van der Waals surface area (Å²) in [6, 6.07) is 56.0. The average Bonchev–Trinajstić information content (AvgIpc) is 3.56. The minimum absolute atomic E-state index is 0.0208. The van der Waals surface area contributed by atoms with E-state index in [1.807, 2.05) is 0 Å². The maximum Gasteiger partial charge on any atom is 0.252 e. The minimum atomic E-state index is -0.0208. The maximum absolute atomic E-state index is 2.88. The molecule has 1 saturated carbocycles. The summed E-state index contributed by atoms with van der Waals surface area (Å²) in [5.74, 6) is 0.182. The van der Waals surface area contributed by atoms with E-state index in [9.17, 15) is 0 Å². The van der Waals surface area contributed by atoms with E-state index in [-0.39, 0.29) is 45.2 Å². The molecular weight excluding hydrogens is 868 g/mol. The van der Waals surface area contributed by atoms with Crippen molar-refractivity contribution in [3.63, 3.8) is 0 Å². The number of rotatable bonds is 6. The standard InChI is InChI=1S/C69H77BN2/c1-44-38-60-62-61(39-44)72-63-53(68(12)34-17-18-35-69(68,72)13)22-19-23-57(63)70(62)56-33-24-45(40-51(47-25-29-49(30-26-47)64(2,3)4)48-27-31-50(32-28-48)65(5,6)7)41-59(56)71(60)58-43-55-54(66(8,9)36-37-67(55,10)11)42-52(58)46-20-15-14-16-21-46/h14-16,19-33,38-39,41-43,51H,17-18,34-37,40H2,1-13H3. The quantitative estimate of drug-likeness (QED) is 0.153. The van der Waals surface area contributed by atoms with Gasteiger partial charge < -0.3 is 9.80 Å². The Hall–Kier alpha value is -5.80. The van der Waals surface area contributed by atoms with Crippen molar-refractivity contribution < 1.29 is 0 Å². The second kappa shape index (κ2) is 16.1. The van der Waals surface area contributed by atoms with Crippen LogP contribution < -0.4 is 26.2 Å². The van der Waals surface area contributed by atoms with Crippen molar-refractivity contribution in [3.05, 3.63) is 190 Å². The number of para-hydroxylation sites is 1. The lowest BCUT2D eigenvalue weighted by Gasteiger charge is -2.53. The number of fused-ring (bicyclic) bond motifs is 8. The molecule has 0 spiro atoms. The highest BCUT2D eigenvalue weighted by atomic mass is 15.3. The molecular formula is C69H77BN2. The first-order chi connectivity index (χ1) is 34.1. The molecule has 0 amide bonds. The van der Waals surface area contributed by atoms with Gasteiger partial charge in [0.2, 0.25) is 0 Å². The third kappa shape index (κ3) is 7.09. The Bertz CT molecular complexity index is 3230. The highest BCUT2D eigenvalue weighted by Crippen LogP contribution is 2.62. The molecule has 1 fully saturated rings. The normalized spacial score (nSPS) is 21.2. The van der Waals surface area contributed by atoms with Gasteiger partial charge in [0.25, 0.3) is 6.71 Å². The van der Waals surface area contributed by atoms with Crippen LogP contribution in [-0.2, 0) is 33.5 Å². The molecule has 12 rings (SSSR count). The Morgan fingerprint density at radius 2 is 1.12 bits per heavy atom. The van der Waals surface area contributed by atoms with Gasteiger partial charge in [-0.05, 0) is 170 Å². The van der Waals surface area contributed by atoms with E-state index in [0.717, 1.165) is 6.42 Å². The van der Waals surface area contributed by atoms with Crippen LogP contribution in [0.5, 0.6) is 0 Å². The molecule has 3 heterocycles. The van der Waals surface area contributed by atoms with Crippen molar-refractivity contribution in [2.75, 3.05) is 9.80 Å². The summed E-state index contributed by atoms with van der Waals surface area (Å²) in [5, 5.41) is 0. The summed E-state index contributed by atoms with van der Waals surface area (Å²) < 4.78 is 0. The Balaban J connectivity index is 1.13. The first-order valence-corrected chi connectivity index (χ1v) is 27.6. The van der Waals surface area contributed by atoms with Crippen LogP contribution in [0.25, 0.3) is 11.1 Å². The Morgan fingerprint density at radius 3 is 1.75 bits per heavy atom. The molecule has 3 aliphatic heterocycles. The first-order valence-electron chi connectivity index (χ1n) is 27.6. The van der Waals surface area contributed by atoms with Gasteiger partial charge in [0.1, 0.15) is 0 Å². The van der Waals surface area contributed by atoms with Gasteiger partial charge in [0, 0.05) is 39.6 Å². The summed E-state index contributed by atoms with van der Waals surface area (Å²) >= 11 is 0. The molecule has 3 heteroatoms. The van der Waals surface area contributed by atoms with Gasteiger partial charge in [0.15, 0.2) is 0 Å². The average molecular weight is 945 g/mol. The van der Waals surface area contributed by atoms with E-state index in [0.29, 0.717) is 0 Å². The maximum atomic E-state index is 2.88. The number of nitrogens with zero attached hydrogens (tertiary/aromatic N) is 2. The molecule has 2 unspecified atom stereocenters. The zero-order valence-corrected chi connectivity index (χ0v) is 45.8. The predicted octanol–water partition coefficient (Wildman–Crippen LogP) is 16.3. The van der Waals surface area contributed by atoms with Gasteiger partial charge >= 0.3 is 0 Å². The van der Waals surface area contributed by atoms with Crippen molar-refractivity contribution in [2.24, 2.45) is 0 Å². The first kappa shape index (κ1) is 47.2. The fourth-order valence-corrected chi connectivity index (χ4v) is 14.6. The highest BCUT2D eigenvalue weighted by molar-refractivity contribution is 7.00. The monoisotopic (exact) mass is 945 g/mol. The molecule has 2 nitrogen and oxygen atoms in total. The van der Waals surface area contributed by atoms with Crippen LogP contribution in [0, 0.1) is 6.92 Å². The molecule has 5 aliphatic rings. The SMILES string of the molecule is Cc1cc2c3c(c1)N1c4c(cccc4C4(C)CCCCC14C)B3c1ccc(CC(c3ccc(C(C)(C)C)cc3)c3ccc(C(C)(C)C)cc3)cc1N2c1cc2c(cc1-c1ccccc1)C(C)(C)CCC2(C)C. The smallest absolute Gasteiger partial charge is 0.252 e. The predicted molar refractivity (Wildman–Crippen MR) is 310 cm³/mol. The summed E-state index contributed by atoms with van der Waals surface area (Å²) in [6.45, 7) is 31.5. The van der Waals surface area contributed by atoms with E-state index >= 15 is 0 Å². The van der Waals surface area contributed by atoms with Gasteiger partial charge in [0.05, 0.1) is 11.2 Å². The van der Waals surface area contributed by atoms with Crippen molar-refractivity contribution in [2.45, 2.75) is 173 Å². The molecule has 366 valence electrons. The molecule has 2 atom stereocenters. The van der Waals surface area contributed by atoms with Crippen LogP contribution in [-0.4, -0.2) is 12.3 Å². The molecule has 7 aromatic rings. The van der Waals surface area contributed by atoms with E-state index in [1.54, 1.807) is 5.56 Å². The lowest BCUT2D eigenvalue weighted by Crippen LogP contribution is -2.64. The molecule has 0 N–H and O–H groups in total. The lowest BCUT2D eigenvalue weighted by molar-refractivity contribution is 0.195. The topological polar surface area (TPSA) is 6.48 Å². The van der Waals surface area contributed by atoms with Gasteiger partial charge in [-0.1, -0.05) is 198 Å². The van der Waals surface area contributed by atoms with E-state index in [2.05, 4.69) is 239 Å². The zero-order valence-electron chi connectivity index (χ0n) is 45.8. The van der Waals surface area contributed by atoms with E-state index < -0.39 is 0 Å². The molecule has 7 aromatic carbocycles. The third-order valence-electron chi connectivity index (χ3n) is 19.3. The summed E-state index contributed by atoms with van der Waals surface area (Å²) in [7, 11) is 0. The molecule has 2 aliphatic carbocycles. The fourth-order valence-electron chi connectivity index (χ4n) is 14.6. The van der Waals surface area contributed by atoms with Gasteiger partial charge in [-0.25, -0.2) is 0 Å². The second-order valence-corrected chi connectivity index (χ2v) is 26.8. The molecule has 0 aromatic heterocycles. The molecule has 0 saturated heterocycles. The van der Waals surface area contributed by atoms with Crippen LogP contribution >= 0.6 is 0 Å². The van der Waals surface area contributed by atoms with Crippen molar-refractivity contribution >= 4 is 51.5 Å². The second-order valence-electron chi connectivity index (χ2n) is 26.8. The Morgan fingerprint density at radius 1 is 0.528 bits per heavy atom. The van der Waals surface area contributed by atoms with Crippen LogP contribution in [0.15, 0.2) is 140 Å². The largest absolute Gasteiger partial charge is 0.335 e. The van der Waals surface area contributed by atoms with Crippen LogP contribution in [0.2, 0.25) is 0 Å². The zero-order chi connectivity index (χ0) is 50.5. The third-order valence-corrected chi connectivity index (χ3v) is 19.3. The Kier molecular flexibility index (Phi) is 10.6. The highest BCUT2D eigenvalue weighted by Gasteiger charge is 2.61. The van der Waals surface area contributed by atoms with Crippen molar-refractivity contribution in [1.29, 1.82) is 0 Å². The number of hydrogen-bond donors (Lipinski definition) is 0. The molecule has 0 bridgehead atoms. The summed E-state index contributed by atoms with van der Waals surface area (Å²) in [5.41, 5.74) is 26.8. The number of hydrogen-bond acceptors (Lipinski definition) is 2. The Labute approximate surface area is 433 Å². The van der Waals surface area contributed by atoms with Gasteiger partial charge in [-0.3, -0.25) is 0 Å². The number of benzene rings is 7. The minimum Gasteiger partial charge on any atom is -0.335 e. The molecule has 0 radical (unpaired) electrons. The van der Waals surface area contributed by atoms with Crippen molar-refractivity contribution in [1.82, 2.24) is 0 Å². The summed E-state index contributed by atoms with van der Waals surface area (Å²) in [4.78, 5) is 5.65. The van der Waals surface area contributed by atoms with Crippen molar-refractivity contribution in [3.8, 4) is 11.1 Å². The molecule has 72 heavy (non-hydrogen) atoms. The van der Waals surface area contributed by atoms with Gasteiger partial charge in [-0.2, -0.15) is 0 Å². The van der Waals surface area contributed by atoms with E-state index in [1.165, 1.54) is 139 Å².